The zero-order valence-electron chi connectivity index (χ0n) is 18.5. The maximum Gasteiger partial charge on any atom is 0.300 e. The molecule has 0 bridgehead atoms. The third-order valence-corrected chi connectivity index (χ3v) is 6.56. The van der Waals surface area contributed by atoms with Crippen LogP contribution in [0, 0.1) is 19.7 Å². The maximum absolute atomic E-state index is 15.0. The molecule has 1 aliphatic heterocycles. The molecule has 1 aliphatic rings. The molecule has 1 unspecified atom stereocenters. The zero-order valence-corrected chi connectivity index (χ0v) is 20.0. The van der Waals surface area contributed by atoms with Crippen LogP contribution in [0.2, 0.25) is 10.0 Å². The number of benzene rings is 3. The van der Waals surface area contributed by atoms with E-state index in [0.717, 1.165) is 10.5 Å². The summed E-state index contributed by atoms with van der Waals surface area (Å²) in [6, 6.07) is 12.4. The van der Waals surface area contributed by atoms with Gasteiger partial charge in [-0.3, -0.25) is 14.5 Å². The number of aliphatic hydroxyl groups excluding tert-OH is 1. The molecule has 4 rings (SSSR count). The number of ether oxygens (including phenoxy) is 1. The van der Waals surface area contributed by atoms with Crippen LogP contribution in [0.15, 0.2) is 60.2 Å². The van der Waals surface area contributed by atoms with Gasteiger partial charge in [0.15, 0.2) is 0 Å². The average Bonchev–Trinajstić information content (AvgIpc) is 3.07. The number of amides is 1. The lowest BCUT2D eigenvalue weighted by molar-refractivity contribution is -0.132. The number of hydrogen-bond acceptors (Lipinski definition) is 4. The highest BCUT2D eigenvalue weighted by atomic mass is 35.5. The minimum absolute atomic E-state index is 0.0530. The molecule has 1 saturated heterocycles. The fourth-order valence-corrected chi connectivity index (χ4v) is 4.43. The standard InChI is InChI=1S/C26H20Cl2FNO4/c1-13-11-21(34-3)14(2)10-17(13)24(31)22-23(16-6-4-5-7-20(16)29)30(26(33)25(22)32)15-8-9-18(27)19(28)12-15/h4-12,23,31H,1-3H3/b24-22+. The molecule has 0 radical (unpaired) electrons. The molecule has 1 fully saturated rings. The molecule has 0 aliphatic carbocycles. The van der Waals surface area contributed by atoms with Crippen molar-refractivity contribution in [3.05, 3.63) is 98.3 Å². The Labute approximate surface area is 206 Å². The minimum Gasteiger partial charge on any atom is -0.507 e. The molecule has 3 aromatic rings. The summed E-state index contributed by atoms with van der Waals surface area (Å²) in [5, 5.41) is 11.8. The predicted molar refractivity (Wildman–Crippen MR) is 130 cm³/mol. The number of rotatable bonds is 4. The first-order valence-corrected chi connectivity index (χ1v) is 11.1. The van der Waals surface area contributed by atoms with E-state index < -0.39 is 29.3 Å². The minimum atomic E-state index is -1.22. The lowest BCUT2D eigenvalue weighted by Crippen LogP contribution is -2.29. The summed E-state index contributed by atoms with van der Waals surface area (Å²) in [5.41, 5.74) is 1.74. The SMILES string of the molecule is COc1cc(C)c(/C(O)=C2\C(=O)C(=O)N(c3ccc(Cl)c(Cl)c3)C2c2ccccc2F)cc1C. The van der Waals surface area contributed by atoms with E-state index in [2.05, 4.69) is 0 Å². The van der Waals surface area contributed by atoms with Crippen LogP contribution in [-0.4, -0.2) is 23.9 Å². The van der Waals surface area contributed by atoms with Crippen molar-refractivity contribution in [2.45, 2.75) is 19.9 Å². The second-order valence-corrected chi connectivity index (χ2v) is 8.74. The second kappa shape index (κ2) is 9.12. The van der Waals surface area contributed by atoms with Crippen LogP contribution in [0.5, 0.6) is 5.75 Å². The van der Waals surface area contributed by atoms with Gasteiger partial charge in [0.2, 0.25) is 0 Å². The topological polar surface area (TPSA) is 66.8 Å². The number of carbonyl (C=O) groups is 2. The van der Waals surface area contributed by atoms with Crippen LogP contribution in [0.4, 0.5) is 10.1 Å². The molecule has 0 saturated carbocycles. The van der Waals surface area contributed by atoms with Crippen molar-refractivity contribution < 1.29 is 23.8 Å². The highest BCUT2D eigenvalue weighted by Gasteiger charge is 2.48. The van der Waals surface area contributed by atoms with Crippen molar-refractivity contribution in [1.82, 2.24) is 0 Å². The zero-order chi connectivity index (χ0) is 24.7. The van der Waals surface area contributed by atoms with Gasteiger partial charge in [-0.2, -0.15) is 0 Å². The number of carbonyl (C=O) groups excluding carboxylic acids is 2. The third kappa shape index (κ3) is 3.93. The highest BCUT2D eigenvalue weighted by Crippen LogP contribution is 2.44. The van der Waals surface area contributed by atoms with Gasteiger partial charge < -0.3 is 9.84 Å². The lowest BCUT2D eigenvalue weighted by atomic mass is 9.92. The Morgan fingerprint density at radius 3 is 2.35 bits per heavy atom. The van der Waals surface area contributed by atoms with Gasteiger partial charge in [-0.15, -0.1) is 0 Å². The van der Waals surface area contributed by atoms with Gasteiger partial charge in [0.1, 0.15) is 17.3 Å². The molecule has 8 heteroatoms. The van der Waals surface area contributed by atoms with Crippen molar-refractivity contribution >= 4 is 46.3 Å². The van der Waals surface area contributed by atoms with Gasteiger partial charge in [0, 0.05) is 16.8 Å². The van der Waals surface area contributed by atoms with Crippen molar-refractivity contribution in [2.75, 3.05) is 12.0 Å². The third-order valence-electron chi connectivity index (χ3n) is 5.82. The molecule has 1 atom stereocenters. The van der Waals surface area contributed by atoms with Gasteiger partial charge in [0.25, 0.3) is 11.7 Å². The molecule has 1 heterocycles. The summed E-state index contributed by atoms with van der Waals surface area (Å²) in [7, 11) is 1.53. The molecule has 174 valence electrons. The van der Waals surface area contributed by atoms with Crippen LogP contribution in [0.3, 0.4) is 0 Å². The smallest absolute Gasteiger partial charge is 0.300 e. The maximum atomic E-state index is 15.0. The first-order chi connectivity index (χ1) is 16.1. The van der Waals surface area contributed by atoms with Crippen molar-refractivity contribution in [1.29, 1.82) is 0 Å². The van der Waals surface area contributed by atoms with Crippen LogP contribution in [0.1, 0.15) is 28.3 Å². The van der Waals surface area contributed by atoms with E-state index in [1.165, 1.54) is 43.5 Å². The molecule has 0 spiro atoms. The van der Waals surface area contributed by atoms with Crippen LogP contribution in [-0.2, 0) is 9.59 Å². The van der Waals surface area contributed by atoms with E-state index in [-0.39, 0.29) is 26.9 Å². The first kappa shape index (κ1) is 23.8. The van der Waals surface area contributed by atoms with E-state index in [4.69, 9.17) is 27.9 Å². The molecule has 5 nitrogen and oxygen atoms in total. The number of anilines is 1. The molecule has 3 aromatic carbocycles. The van der Waals surface area contributed by atoms with Crippen LogP contribution < -0.4 is 9.64 Å². The normalized spacial score (nSPS) is 17.4. The van der Waals surface area contributed by atoms with Gasteiger partial charge in [-0.05, 0) is 61.4 Å². The van der Waals surface area contributed by atoms with Crippen LogP contribution in [0.25, 0.3) is 5.76 Å². The number of halogens is 3. The Balaban J connectivity index is 2.00. The number of methoxy groups -OCH3 is 1. The van der Waals surface area contributed by atoms with Crippen LogP contribution >= 0.6 is 23.2 Å². The molecule has 34 heavy (non-hydrogen) atoms. The second-order valence-electron chi connectivity index (χ2n) is 7.93. The van der Waals surface area contributed by atoms with Gasteiger partial charge in [0.05, 0.1) is 28.8 Å². The van der Waals surface area contributed by atoms with Crippen molar-refractivity contribution in [2.24, 2.45) is 0 Å². The number of nitrogens with zero attached hydrogens (tertiary/aromatic N) is 1. The summed E-state index contributed by atoms with van der Waals surface area (Å²) in [6.45, 7) is 3.53. The summed E-state index contributed by atoms with van der Waals surface area (Å²) >= 11 is 12.2. The molecular formula is C26H20Cl2FNO4. The van der Waals surface area contributed by atoms with Crippen molar-refractivity contribution in [3.8, 4) is 5.75 Å². The summed E-state index contributed by atoms with van der Waals surface area (Å²) in [4.78, 5) is 27.6. The largest absolute Gasteiger partial charge is 0.507 e. The lowest BCUT2D eigenvalue weighted by Gasteiger charge is -2.26. The summed E-state index contributed by atoms with van der Waals surface area (Å²) in [6.07, 6.45) is 0. The van der Waals surface area contributed by atoms with E-state index in [9.17, 15) is 19.1 Å². The average molecular weight is 500 g/mol. The fraction of sp³-hybridized carbons (Fsp3) is 0.154. The monoisotopic (exact) mass is 499 g/mol. The Hall–Kier alpha value is -3.35. The van der Waals surface area contributed by atoms with E-state index >= 15 is 0 Å². The number of hydrogen-bond donors (Lipinski definition) is 1. The Bertz CT molecular complexity index is 1370. The Morgan fingerprint density at radius 1 is 1.00 bits per heavy atom. The van der Waals surface area contributed by atoms with Crippen molar-refractivity contribution in [3.63, 3.8) is 0 Å². The quantitative estimate of drug-likeness (QED) is 0.256. The number of aliphatic hydroxyl groups is 1. The van der Waals surface area contributed by atoms with Gasteiger partial charge in [-0.25, -0.2) is 4.39 Å². The highest BCUT2D eigenvalue weighted by molar-refractivity contribution is 6.52. The predicted octanol–water partition coefficient (Wildman–Crippen LogP) is 6.38. The molecular weight excluding hydrogens is 480 g/mol. The fourth-order valence-electron chi connectivity index (χ4n) is 4.13. The summed E-state index contributed by atoms with van der Waals surface area (Å²) < 4.78 is 20.3. The van der Waals surface area contributed by atoms with Gasteiger partial charge >= 0.3 is 0 Å². The van der Waals surface area contributed by atoms with E-state index in [1.807, 2.05) is 0 Å². The number of aryl methyl sites for hydroxylation is 2. The molecule has 1 amide bonds. The van der Waals surface area contributed by atoms with E-state index in [0.29, 0.717) is 16.9 Å². The number of ketones is 1. The van der Waals surface area contributed by atoms with Gasteiger partial charge in [-0.1, -0.05) is 41.4 Å². The summed E-state index contributed by atoms with van der Waals surface area (Å²) in [5.74, 6) is -2.29. The molecule has 0 aromatic heterocycles. The first-order valence-electron chi connectivity index (χ1n) is 10.3. The number of Topliss-reactive ketones (excluding diaryl/α,β-unsaturated/α-hetero) is 1. The Morgan fingerprint density at radius 2 is 1.71 bits per heavy atom. The Kier molecular flexibility index (Phi) is 6.39. The van der Waals surface area contributed by atoms with E-state index in [1.54, 1.807) is 32.0 Å². The molecule has 1 N–H and O–H groups in total.